The van der Waals surface area contributed by atoms with Crippen LogP contribution < -0.4 is 5.32 Å². The van der Waals surface area contributed by atoms with Crippen LogP contribution in [0, 0.1) is 6.92 Å². The Hall–Kier alpha value is -0.660. The number of nitrogens with one attached hydrogen (secondary N) is 1. The summed E-state index contributed by atoms with van der Waals surface area (Å²) in [4.78, 5) is 29.4. The van der Waals surface area contributed by atoms with E-state index in [0.29, 0.717) is 42.1 Å². The van der Waals surface area contributed by atoms with Crippen molar-refractivity contribution in [2.24, 2.45) is 0 Å². The SMILES string of the molecule is CON1CCC2(CC1)NC(=O)C(Cl)(c1c(C)cc(Br)cc1Cl)C2=O. The molecule has 0 radical (unpaired) electrons. The van der Waals surface area contributed by atoms with Gasteiger partial charge in [-0.25, -0.2) is 0 Å². The molecule has 1 spiro atoms. The van der Waals surface area contributed by atoms with Crippen molar-refractivity contribution in [3.8, 4) is 0 Å². The summed E-state index contributed by atoms with van der Waals surface area (Å²) in [5.74, 6) is -0.836. The van der Waals surface area contributed by atoms with Gasteiger partial charge in [-0.1, -0.05) is 39.1 Å². The molecule has 2 saturated heterocycles. The molecule has 130 valence electrons. The number of benzene rings is 1. The molecule has 1 atom stereocenters. The second-order valence-electron chi connectivity index (χ2n) is 6.21. The summed E-state index contributed by atoms with van der Waals surface area (Å²) >= 11 is 16.3. The highest BCUT2D eigenvalue weighted by Gasteiger charge is 2.63. The number of hydrogen-bond donors (Lipinski definition) is 1. The van der Waals surface area contributed by atoms with E-state index in [1.165, 1.54) is 0 Å². The van der Waals surface area contributed by atoms with Crippen molar-refractivity contribution < 1.29 is 14.4 Å². The molecule has 5 nitrogen and oxygen atoms in total. The highest BCUT2D eigenvalue weighted by Crippen LogP contribution is 2.47. The molecule has 3 rings (SSSR count). The van der Waals surface area contributed by atoms with Crippen molar-refractivity contribution in [1.29, 1.82) is 0 Å². The fraction of sp³-hybridized carbons (Fsp3) is 0.500. The average Bonchev–Trinajstić information content (AvgIpc) is 2.69. The Balaban J connectivity index is 2.03. The molecule has 2 heterocycles. The van der Waals surface area contributed by atoms with E-state index in [4.69, 9.17) is 28.0 Å². The number of Topliss-reactive ketones (excluding diaryl/α,β-unsaturated/α-hetero) is 1. The minimum absolute atomic E-state index is 0.298. The third-order valence-corrected chi connectivity index (χ3v) is 6.13. The van der Waals surface area contributed by atoms with E-state index in [2.05, 4.69) is 21.2 Å². The summed E-state index contributed by atoms with van der Waals surface area (Å²) in [6.45, 7) is 2.88. The summed E-state index contributed by atoms with van der Waals surface area (Å²) in [5, 5.41) is 4.91. The van der Waals surface area contributed by atoms with Gasteiger partial charge in [0, 0.05) is 28.1 Å². The van der Waals surface area contributed by atoms with Gasteiger partial charge < -0.3 is 10.2 Å². The van der Waals surface area contributed by atoms with E-state index in [-0.39, 0.29) is 5.78 Å². The quantitative estimate of drug-likeness (QED) is 0.573. The highest BCUT2D eigenvalue weighted by atomic mass is 79.9. The minimum Gasteiger partial charge on any atom is -0.341 e. The molecule has 24 heavy (non-hydrogen) atoms. The summed E-state index contributed by atoms with van der Waals surface area (Å²) in [7, 11) is 1.59. The highest BCUT2D eigenvalue weighted by molar-refractivity contribution is 9.10. The van der Waals surface area contributed by atoms with Gasteiger partial charge in [-0.3, -0.25) is 9.59 Å². The van der Waals surface area contributed by atoms with Crippen molar-refractivity contribution >= 4 is 50.8 Å². The molecule has 1 N–H and O–H groups in total. The maximum absolute atomic E-state index is 13.3. The number of nitrogens with zero attached hydrogens (tertiary/aromatic N) is 1. The zero-order chi connectivity index (χ0) is 17.7. The van der Waals surface area contributed by atoms with Gasteiger partial charge in [0.1, 0.15) is 5.54 Å². The van der Waals surface area contributed by atoms with Gasteiger partial charge in [0.2, 0.25) is 4.87 Å². The number of hydroxylamine groups is 2. The third-order valence-electron chi connectivity index (χ3n) is 4.84. The van der Waals surface area contributed by atoms with Crippen molar-refractivity contribution in [3.05, 3.63) is 32.8 Å². The number of alkyl halides is 1. The van der Waals surface area contributed by atoms with E-state index < -0.39 is 16.3 Å². The van der Waals surface area contributed by atoms with E-state index in [9.17, 15) is 9.59 Å². The first-order valence-corrected chi connectivity index (χ1v) is 9.11. The summed E-state index contributed by atoms with van der Waals surface area (Å²) in [6, 6.07) is 3.44. The van der Waals surface area contributed by atoms with Crippen LogP contribution in [0.4, 0.5) is 0 Å². The van der Waals surface area contributed by atoms with Crippen LogP contribution in [0.3, 0.4) is 0 Å². The number of aryl methyl sites for hydroxylation is 1. The van der Waals surface area contributed by atoms with Crippen molar-refractivity contribution in [2.75, 3.05) is 20.2 Å². The van der Waals surface area contributed by atoms with Gasteiger partial charge in [0.05, 0.1) is 7.11 Å². The summed E-state index contributed by atoms with van der Waals surface area (Å²) < 4.78 is 0.767. The van der Waals surface area contributed by atoms with Crippen LogP contribution in [0.2, 0.25) is 5.02 Å². The van der Waals surface area contributed by atoms with Crippen LogP contribution in [0.5, 0.6) is 0 Å². The Bertz CT molecular complexity index is 696. The number of carbonyl (C=O) groups excluding carboxylic acids is 2. The average molecular weight is 436 g/mol. The number of hydrogen-bond acceptors (Lipinski definition) is 4. The Labute approximate surface area is 158 Å². The lowest BCUT2D eigenvalue weighted by atomic mass is 9.79. The van der Waals surface area contributed by atoms with Gasteiger partial charge >= 0.3 is 0 Å². The summed E-state index contributed by atoms with van der Waals surface area (Å²) in [5.41, 5.74) is 0.0957. The molecule has 0 aliphatic carbocycles. The molecule has 2 aliphatic heterocycles. The molecule has 2 fully saturated rings. The van der Waals surface area contributed by atoms with Crippen LogP contribution in [0.25, 0.3) is 0 Å². The Morgan fingerprint density at radius 2 is 1.92 bits per heavy atom. The van der Waals surface area contributed by atoms with Crippen molar-refractivity contribution in [1.82, 2.24) is 10.4 Å². The maximum atomic E-state index is 13.3. The normalized spacial score (nSPS) is 26.9. The summed E-state index contributed by atoms with van der Waals surface area (Å²) in [6.07, 6.45) is 0.903. The fourth-order valence-electron chi connectivity index (χ4n) is 3.56. The zero-order valence-corrected chi connectivity index (χ0v) is 16.4. The van der Waals surface area contributed by atoms with Gasteiger partial charge in [-0.05, 0) is 37.5 Å². The van der Waals surface area contributed by atoms with Crippen molar-refractivity contribution in [2.45, 2.75) is 30.2 Å². The number of ketones is 1. The first-order valence-electron chi connectivity index (χ1n) is 7.56. The third kappa shape index (κ3) is 2.59. The lowest BCUT2D eigenvalue weighted by Gasteiger charge is -2.37. The topological polar surface area (TPSA) is 58.6 Å². The number of carbonyl (C=O) groups is 2. The largest absolute Gasteiger partial charge is 0.341 e. The van der Waals surface area contributed by atoms with Crippen LogP contribution in [-0.4, -0.2) is 42.5 Å². The molecule has 2 aliphatic rings. The van der Waals surface area contributed by atoms with Crippen LogP contribution in [0.15, 0.2) is 16.6 Å². The second-order valence-corrected chi connectivity index (χ2v) is 8.10. The Morgan fingerprint density at radius 3 is 2.46 bits per heavy atom. The van der Waals surface area contributed by atoms with Gasteiger partial charge in [-0.15, -0.1) is 0 Å². The van der Waals surface area contributed by atoms with Crippen LogP contribution in [-0.2, 0) is 19.3 Å². The molecular formula is C16H17BrCl2N2O3. The van der Waals surface area contributed by atoms with E-state index in [1.54, 1.807) is 31.2 Å². The molecular weight excluding hydrogens is 419 g/mol. The number of halogens is 3. The molecule has 1 aromatic carbocycles. The first kappa shape index (κ1) is 18.1. The lowest BCUT2D eigenvalue weighted by molar-refractivity contribution is -0.157. The van der Waals surface area contributed by atoms with Crippen LogP contribution >= 0.6 is 39.1 Å². The molecule has 1 unspecified atom stereocenters. The molecule has 1 aromatic rings. The van der Waals surface area contributed by atoms with Crippen LogP contribution in [0.1, 0.15) is 24.0 Å². The van der Waals surface area contributed by atoms with E-state index in [0.717, 1.165) is 4.47 Å². The van der Waals surface area contributed by atoms with Gasteiger partial charge in [0.25, 0.3) is 5.91 Å². The smallest absolute Gasteiger partial charge is 0.254 e. The zero-order valence-electron chi connectivity index (χ0n) is 13.3. The van der Waals surface area contributed by atoms with Gasteiger partial charge in [0.15, 0.2) is 5.78 Å². The molecule has 1 amide bonds. The Kier molecular flexibility index (Phi) is 4.73. The minimum atomic E-state index is -1.79. The predicted octanol–water partition coefficient (Wildman–Crippen LogP) is 2.94. The predicted molar refractivity (Wildman–Crippen MR) is 95.1 cm³/mol. The van der Waals surface area contributed by atoms with E-state index >= 15 is 0 Å². The number of piperidine rings is 1. The van der Waals surface area contributed by atoms with E-state index in [1.807, 2.05) is 0 Å². The lowest BCUT2D eigenvalue weighted by Crippen LogP contribution is -2.54. The molecule has 0 saturated carbocycles. The van der Waals surface area contributed by atoms with Crippen molar-refractivity contribution in [3.63, 3.8) is 0 Å². The Morgan fingerprint density at radius 1 is 1.29 bits per heavy atom. The second kappa shape index (κ2) is 6.25. The standard InChI is InChI=1S/C16H17BrCl2N2O3/c1-9-7-10(17)8-11(18)12(9)16(19)13(22)15(20-14(16)23)3-5-21(24-2)6-4-15/h7-8H,3-6H2,1-2H3,(H,20,23). The fourth-order valence-corrected chi connectivity index (χ4v) is 5.20. The number of amides is 1. The molecule has 0 aromatic heterocycles. The van der Waals surface area contributed by atoms with Gasteiger partial charge in [-0.2, -0.15) is 5.06 Å². The first-order chi connectivity index (χ1) is 11.2. The number of rotatable bonds is 2. The maximum Gasteiger partial charge on any atom is 0.254 e. The molecule has 8 heteroatoms. The molecule has 0 bridgehead atoms. The monoisotopic (exact) mass is 434 g/mol.